The first-order valence-corrected chi connectivity index (χ1v) is 18.4. The van der Waals surface area contributed by atoms with Gasteiger partial charge in [0.1, 0.15) is 12.7 Å². The third-order valence-electron chi connectivity index (χ3n) is 8.88. The quantitative estimate of drug-likeness (QED) is 0.0882. The number of aliphatic hydroxyl groups is 1. The van der Waals surface area contributed by atoms with Crippen LogP contribution in [0.2, 0.25) is 0 Å². The third-order valence-corrected chi connectivity index (χ3v) is 8.88. The molecule has 0 aromatic carbocycles. The van der Waals surface area contributed by atoms with Crippen LogP contribution in [0.25, 0.3) is 0 Å². The summed E-state index contributed by atoms with van der Waals surface area (Å²) in [7, 11) is 0. The summed E-state index contributed by atoms with van der Waals surface area (Å²) in [4.78, 5) is 52.9. The van der Waals surface area contributed by atoms with Gasteiger partial charge in [-0.25, -0.2) is 0 Å². The average Bonchev–Trinajstić information content (AvgIpc) is 3.02. The number of hydrogen-bond donors (Lipinski definition) is 1. The number of carbonyl (C=O) groups excluding carboxylic acids is 4. The molecule has 1 fully saturated rings. The zero-order chi connectivity index (χ0) is 35.4. The molecule has 0 amide bonds. The first-order valence-electron chi connectivity index (χ1n) is 18.4. The maximum absolute atomic E-state index is 12.3. The minimum Gasteiger partial charge on any atom is -0.549 e. The molecule has 1 aliphatic heterocycles. The van der Waals surface area contributed by atoms with Crippen LogP contribution in [0.15, 0.2) is 0 Å². The van der Waals surface area contributed by atoms with E-state index in [4.69, 9.17) is 4.74 Å². The topological polar surface area (TPSA) is 180 Å². The Hall–Kier alpha value is -0.995. The van der Waals surface area contributed by atoms with Gasteiger partial charge in [-0.05, 0) is 6.42 Å². The molecule has 13 nitrogen and oxygen atoms in total. The molecular weight excluding hydrogens is 778 g/mol. The van der Waals surface area contributed by atoms with E-state index in [1.165, 1.54) is 77.0 Å². The van der Waals surface area contributed by atoms with E-state index in [0.29, 0.717) is 32.6 Å². The van der Waals surface area contributed by atoms with E-state index in [2.05, 4.69) is 6.92 Å². The number of aliphatic hydroxyl groups excluding tert-OH is 1. The average molecular weight is 841 g/mol. The van der Waals surface area contributed by atoms with Gasteiger partial charge >= 0.3 is 45.9 Å². The Kier molecular flexibility index (Phi) is 31.1. The molecule has 1 radical (unpaired) electrons. The maximum Gasteiger partial charge on any atom is 3.00 e. The predicted molar refractivity (Wildman–Crippen MR) is 177 cm³/mol. The summed E-state index contributed by atoms with van der Waals surface area (Å²) in [5.41, 5.74) is 0. The molecule has 285 valence electrons. The van der Waals surface area contributed by atoms with Crippen molar-refractivity contribution in [2.24, 2.45) is 0 Å². The van der Waals surface area contributed by atoms with Crippen LogP contribution in [0.4, 0.5) is 0 Å². The number of esters is 1. The minimum absolute atomic E-state index is 0. The van der Waals surface area contributed by atoms with Gasteiger partial charge < -0.3 is 39.5 Å². The van der Waals surface area contributed by atoms with Crippen molar-refractivity contribution in [3.05, 3.63) is 0 Å². The SMILES string of the molecule is CCCCCCCCCCCCCCCCCC(=O)OCC(O)CN1CCN(CC(=O)[O-])CCN(CC(=O)[O-])CCN(CC(=O)[O-])CC1.[Gd+3]. The van der Waals surface area contributed by atoms with Crippen molar-refractivity contribution in [2.45, 2.75) is 116 Å². The standard InChI is InChI=1S/C35H66N4O9.Gd/c1-2-3-4-5-6-7-8-9-10-11-12-13-14-15-16-17-35(47)48-30-31(40)26-36-18-20-37(27-32(41)42)22-24-39(29-34(45)46)25-23-38(21-19-36)28-33(43)44;/h31,40H,2-30H2,1H3,(H,41,42)(H,43,44)(H,45,46);/q;+3/p-3. The van der Waals surface area contributed by atoms with Crippen molar-refractivity contribution in [3.63, 3.8) is 0 Å². The number of ether oxygens (including phenoxy) is 1. The summed E-state index contributed by atoms with van der Waals surface area (Å²) in [6, 6.07) is 0. The summed E-state index contributed by atoms with van der Waals surface area (Å²) >= 11 is 0. The first-order chi connectivity index (χ1) is 23.1. The van der Waals surface area contributed by atoms with Gasteiger partial charge in [-0.15, -0.1) is 0 Å². The largest absolute Gasteiger partial charge is 3.00 e. The Morgan fingerprint density at radius 3 is 1.18 bits per heavy atom. The third kappa shape index (κ3) is 29.3. The number of carbonyl (C=O) groups is 4. The van der Waals surface area contributed by atoms with Gasteiger partial charge in [0.15, 0.2) is 0 Å². The number of aliphatic carboxylic acids is 3. The molecule has 0 aromatic heterocycles. The Morgan fingerprint density at radius 2 is 0.857 bits per heavy atom. The predicted octanol–water partition coefficient (Wildman–Crippen LogP) is -0.377. The Morgan fingerprint density at radius 1 is 0.551 bits per heavy atom. The molecular formula is C35H63GdN4O9. The van der Waals surface area contributed by atoms with E-state index >= 15 is 0 Å². The monoisotopic (exact) mass is 841 g/mol. The van der Waals surface area contributed by atoms with E-state index in [-0.39, 0.29) is 105 Å². The normalized spacial score (nSPS) is 16.6. The van der Waals surface area contributed by atoms with Crippen LogP contribution in [0.5, 0.6) is 0 Å². The van der Waals surface area contributed by atoms with Gasteiger partial charge in [-0.2, -0.15) is 0 Å². The van der Waals surface area contributed by atoms with Crippen molar-refractivity contribution >= 4 is 23.9 Å². The number of rotatable bonds is 26. The molecule has 1 N–H and O–H groups in total. The van der Waals surface area contributed by atoms with Crippen molar-refractivity contribution in [3.8, 4) is 0 Å². The fourth-order valence-electron chi connectivity index (χ4n) is 6.04. The molecule has 1 heterocycles. The molecule has 1 unspecified atom stereocenters. The molecule has 0 aliphatic carbocycles. The molecule has 1 aliphatic rings. The van der Waals surface area contributed by atoms with Crippen molar-refractivity contribution in [1.29, 1.82) is 0 Å². The van der Waals surface area contributed by atoms with Gasteiger partial charge in [0.05, 0.1) is 17.9 Å². The maximum atomic E-state index is 12.3. The second kappa shape index (κ2) is 31.7. The Labute approximate surface area is 326 Å². The zero-order valence-corrected chi connectivity index (χ0v) is 32.2. The summed E-state index contributed by atoms with van der Waals surface area (Å²) < 4.78 is 5.33. The van der Waals surface area contributed by atoms with Crippen LogP contribution in [0.1, 0.15) is 110 Å². The van der Waals surface area contributed by atoms with Crippen LogP contribution >= 0.6 is 0 Å². The number of carboxylic acid groups (broad SMARTS) is 3. The number of carboxylic acids is 3. The minimum atomic E-state index is -1.28. The second-order valence-electron chi connectivity index (χ2n) is 13.3. The van der Waals surface area contributed by atoms with Crippen LogP contribution in [-0.4, -0.2) is 140 Å². The summed E-state index contributed by atoms with van der Waals surface area (Å²) in [5.74, 6) is -4.16. The number of unbranched alkanes of at least 4 members (excludes halogenated alkanes) is 14. The van der Waals surface area contributed by atoms with Crippen molar-refractivity contribution in [2.75, 3.05) is 85.1 Å². The van der Waals surface area contributed by atoms with E-state index in [1.807, 2.05) is 4.90 Å². The Balaban J connectivity index is 0.0000230. The van der Waals surface area contributed by atoms with Crippen molar-refractivity contribution in [1.82, 2.24) is 19.6 Å². The fourth-order valence-corrected chi connectivity index (χ4v) is 6.04. The summed E-state index contributed by atoms with van der Waals surface area (Å²) in [5, 5.41) is 44.6. The molecule has 0 bridgehead atoms. The van der Waals surface area contributed by atoms with Crippen LogP contribution in [0, 0.1) is 39.9 Å². The summed E-state index contributed by atoms with van der Waals surface area (Å²) in [6.07, 6.45) is 18.0. The van der Waals surface area contributed by atoms with Gasteiger partial charge in [0.25, 0.3) is 0 Å². The van der Waals surface area contributed by atoms with Crippen LogP contribution in [-0.2, 0) is 23.9 Å². The molecule has 0 spiro atoms. The molecule has 14 heteroatoms. The molecule has 1 atom stereocenters. The summed E-state index contributed by atoms with van der Waals surface area (Å²) in [6.45, 7) is 3.39. The number of hydrogen-bond acceptors (Lipinski definition) is 13. The van der Waals surface area contributed by atoms with Crippen molar-refractivity contribution < 1.29 is 84.3 Å². The zero-order valence-electron chi connectivity index (χ0n) is 29.9. The Bertz CT molecular complexity index is 854. The fraction of sp³-hybridized carbons (Fsp3) is 0.886. The van der Waals surface area contributed by atoms with E-state index in [1.54, 1.807) is 14.7 Å². The van der Waals surface area contributed by atoms with Gasteiger partial charge in [-0.1, -0.05) is 96.8 Å². The van der Waals surface area contributed by atoms with E-state index in [0.717, 1.165) is 19.3 Å². The molecule has 49 heavy (non-hydrogen) atoms. The van der Waals surface area contributed by atoms with Crippen LogP contribution < -0.4 is 15.3 Å². The van der Waals surface area contributed by atoms with Crippen LogP contribution in [0.3, 0.4) is 0 Å². The molecule has 1 saturated heterocycles. The smallest absolute Gasteiger partial charge is 0.549 e. The van der Waals surface area contributed by atoms with E-state index in [9.17, 15) is 39.6 Å². The second-order valence-corrected chi connectivity index (χ2v) is 13.3. The van der Waals surface area contributed by atoms with Gasteiger partial charge in [0, 0.05) is 85.0 Å². The first kappa shape index (κ1) is 48.0. The van der Waals surface area contributed by atoms with E-state index < -0.39 is 24.0 Å². The van der Waals surface area contributed by atoms with Gasteiger partial charge in [-0.3, -0.25) is 24.4 Å². The number of nitrogens with zero attached hydrogens (tertiary/aromatic N) is 4. The molecule has 0 saturated carbocycles. The molecule has 0 aromatic rings. The van der Waals surface area contributed by atoms with Gasteiger partial charge in [0.2, 0.25) is 0 Å². The number of β-amino-alcohol motifs (C(OH)–C–C–N with tert-alkyl or cyclic N) is 1. The molecule has 1 rings (SSSR count).